The largest absolute Gasteiger partial charge is 0.439 e. The minimum atomic E-state index is 0.231. The molecule has 0 saturated heterocycles. The topological polar surface area (TPSA) is 89.9 Å². The third-order valence-electron chi connectivity index (χ3n) is 1.87. The molecular formula is C10H13N5OS. The molecule has 0 aromatic carbocycles. The van der Waals surface area contributed by atoms with Crippen molar-refractivity contribution in [3.8, 4) is 0 Å². The molecule has 0 atom stereocenters. The lowest BCUT2D eigenvalue weighted by Crippen LogP contribution is -2.03. The van der Waals surface area contributed by atoms with Crippen LogP contribution in [0.5, 0.6) is 0 Å². The molecule has 0 bridgehead atoms. The summed E-state index contributed by atoms with van der Waals surface area (Å²) in [6.45, 7) is 4.63. The highest BCUT2D eigenvalue weighted by Crippen LogP contribution is 2.26. The molecule has 2 aromatic heterocycles. The highest BCUT2D eigenvalue weighted by molar-refractivity contribution is 7.99. The fourth-order valence-corrected chi connectivity index (χ4v) is 2.01. The summed E-state index contributed by atoms with van der Waals surface area (Å²) in [5.74, 6) is 0.931. The van der Waals surface area contributed by atoms with Crippen LogP contribution in [0.2, 0.25) is 0 Å². The first-order chi connectivity index (χ1) is 8.17. The molecule has 0 aliphatic heterocycles. The molecule has 0 aliphatic carbocycles. The highest BCUT2D eigenvalue weighted by Gasteiger charge is 2.07. The Morgan fingerprint density at radius 1 is 1.41 bits per heavy atom. The van der Waals surface area contributed by atoms with Crippen LogP contribution in [0.3, 0.4) is 0 Å². The first kappa shape index (κ1) is 11.7. The smallest absolute Gasteiger partial charge is 0.262 e. The van der Waals surface area contributed by atoms with Gasteiger partial charge in [-0.25, -0.2) is 9.97 Å². The van der Waals surface area contributed by atoms with E-state index in [9.17, 15) is 0 Å². The minimum absolute atomic E-state index is 0.231. The van der Waals surface area contributed by atoms with Gasteiger partial charge in [-0.2, -0.15) is 4.98 Å². The number of aryl methyl sites for hydroxylation is 1. The molecule has 90 valence electrons. The van der Waals surface area contributed by atoms with E-state index < -0.39 is 0 Å². The van der Waals surface area contributed by atoms with Crippen LogP contribution in [-0.2, 0) is 0 Å². The number of hydrogen-bond donors (Lipinski definition) is 2. The van der Waals surface area contributed by atoms with E-state index in [1.54, 1.807) is 6.26 Å². The average Bonchev–Trinajstić information content (AvgIpc) is 2.63. The highest BCUT2D eigenvalue weighted by atomic mass is 32.2. The maximum absolute atomic E-state index is 5.62. The van der Waals surface area contributed by atoms with Gasteiger partial charge in [-0.1, -0.05) is 0 Å². The summed E-state index contributed by atoms with van der Waals surface area (Å²) in [5, 5.41) is 4.33. The van der Waals surface area contributed by atoms with Crippen LogP contribution >= 0.6 is 11.8 Å². The van der Waals surface area contributed by atoms with Crippen LogP contribution in [-0.4, -0.2) is 21.5 Å². The minimum Gasteiger partial charge on any atom is -0.439 e. The van der Waals surface area contributed by atoms with Crippen molar-refractivity contribution in [1.82, 2.24) is 15.0 Å². The lowest BCUT2D eigenvalue weighted by atomic mass is 10.5. The van der Waals surface area contributed by atoms with E-state index in [1.807, 2.05) is 19.9 Å². The number of nitrogens with zero attached hydrogens (tertiary/aromatic N) is 3. The molecule has 7 heteroatoms. The summed E-state index contributed by atoms with van der Waals surface area (Å²) < 4.78 is 5.24. The van der Waals surface area contributed by atoms with Crippen molar-refractivity contribution in [3.63, 3.8) is 0 Å². The first-order valence-corrected chi connectivity index (χ1v) is 5.97. The second-order valence-electron chi connectivity index (χ2n) is 3.34. The molecule has 2 heterocycles. The van der Waals surface area contributed by atoms with Crippen molar-refractivity contribution < 1.29 is 4.42 Å². The Morgan fingerprint density at radius 2 is 2.24 bits per heavy atom. The van der Waals surface area contributed by atoms with Crippen LogP contribution in [0, 0.1) is 6.92 Å². The number of aromatic nitrogens is 3. The number of nitrogen functional groups attached to an aromatic ring is 1. The van der Waals surface area contributed by atoms with E-state index in [1.165, 1.54) is 11.8 Å². The summed E-state index contributed by atoms with van der Waals surface area (Å²) in [5.41, 5.74) is 6.46. The summed E-state index contributed by atoms with van der Waals surface area (Å²) in [7, 11) is 0. The van der Waals surface area contributed by atoms with Crippen molar-refractivity contribution in [2.24, 2.45) is 0 Å². The van der Waals surface area contributed by atoms with Crippen molar-refractivity contribution in [2.45, 2.75) is 24.1 Å². The molecular weight excluding hydrogens is 238 g/mol. The van der Waals surface area contributed by atoms with Crippen molar-refractivity contribution in [3.05, 3.63) is 18.0 Å². The summed E-state index contributed by atoms with van der Waals surface area (Å²) in [6, 6.07) is 1.81. The fourth-order valence-electron chi connectivity index (χ4n) is 1.24. The second-order valence-corrected chi connectivity index (χ2v) is 4.31. The molecule has 0 aliphatic rings. The molecule has 6 nitrogen and oxygen atoms in total. The van der Waals surface area contributed by atoms with Crippen LogP contribution < -0.4 is 11.1 Å². The van der Waals surface area contributed by atoms with Gasteiger partial charge in [0.25, 0.3) is 5.22 Å². The summed E-state index contributed by atoms with van der Waals surface area (Å²) >= 11 is 1.31. The average molecular weight is 251 g/mol. The second kappa shape index (κ2) is 5.05. The van der Waals surface area contributed by atoms with Crippen LogP contribution in [0.4, 0.5) is 11.8 Å². The zero-order chi connectivity index (χ0) is 12.3. The van der Waals surface area contributed by atoms with Gasteiger partial charge >= 0.3 is 0 Å². The lowest BCUT2D eigenvalue weighted by molar-refractivity contribution is 0.454. The monoisotopic (exact) mass is 251 g/mol. The number of rotatable bonds is 4. The lowest BCUT2D eigenvalue weighted by Gasteiger charge is -2.04. The molecule has 0 unspecified atom stereocenters. The van der Waals surface area contributed by atoms with Gasteiger partial charge in [0.1, 0.15) is 17.1 Å². The Hall–Kier alpha value is -1.76. The van der Waals surface area contributed by atoms with Crippen molar-refractivity contribution in [2.75, 3.05) is 17.6 Å². The summed E-state index contributed by atoms with van der Waals surface area (Å²) in [4.78, 5) is 12.4. The van der Waals surface area contributed by atoms with Crippen LogP contribution in [0.15, 0.2) is 27.0 Å². The van der Waals surface area contributed by atoms with Crippen LogP contribution in [0.1, 0.15) is 12.6 Å². The molecule has 2 rings (SSSR count). The maximum atomic E-state index is 5.62. The number of nitrogens with two attached hydrogens (primary N) is 1. The molecule has 0 amide bonds. The zero-order valence-electron chi connectivity index (χ0n) is 9.60. The molecule has 3 N–H and O–H groups in total. The zero-order valence-corrected chi connectivity index (χ0v) is 10.4. The van der Waals surface area contributed by atoms with Crippen molar-refractivity contribution in [1.29, 1.82) is 0 Å². The van der Waals surface area contributed by atoms with E-state index in [4.69, 9.17) is 10.2 Å². The SMILES string of the molecule is CCNc1cc(Sc2nc(C)co2)nc(N)n1. The Morgan fingerprint density at radius 3 is 2.88 bits per heavy atom. The predicted octanol–water partition coefficient (Wildman–Crippen LogP) is 1.94. The first-order valence-electron chi connectivity index (χ1n) is 5.16. The Balaban J connectivity index is 2.20. The van der Waals surface area contributed by atoms with Gasteiger partial charge < -0.3 is 15.5 Å². The Labute approximate surface area is 103 Å². The Kier molecular flexibility index (Phi) is 3.48. The quantitative estimate of drug-likeness (QED) is 0.802. The summed E-state index contributed by atoms with van der Waals surface area (Å²) in [6.07, 6.45) is 1.60. The number of oxazole rings is 1. The van der Waals surface area contributed by atoms with E-state index in [-0.39, 0.29) is 5.95 Å². The third kappa shape index (κ3) is 3.10. The third-order valence-corrected chi connectivity index (χ3v) is 2.65. The standard InChI is InChI=1S/C10H13N5OS/c1-3-12-7-4-8(15-9(11)14-7)17-10-13-6(2)5-16-10/h4-5H,3H2,1-2H3,(H3,11,12,14,15). The molecule has 0 saturated carbocycles. The van der Waals surface area contributed by atoms with E-state index in [0.717, 1.165) is 12.2 Å². The van der Waals surface area contributed by atoms with Crippen LogP contribution in [0.25, 0.3) is 0 Å². The number of hydrogen-bond acceptors (Lipinski definition) is 7. The molecule has 2 aromatic rings. The molecule has 0 radical (unpaired) electrons. The number of nitrogens with one attached hydrogen (secondary N) is 1. The van der Waals surface area contributed by atoms with Gasteiger partial charge in [0.2, 0.25) is 5.95 Å². The van der Waals surface area contributed by atoms with Gasteiger partial charge in [-0.05, 0) is 25.6 Å². The van der Waals surface area contributed by atoms with E-state index in [2.05, 4.69) is 20.3 Å². The van der Waals surface area contributed by atoms with Crippen molar-refractivity contribution >= 4 is 23.5 Å². The van der Waals surface area contributed by atoms with Gasteiger partial charge in [0, 0.05) is 12.6 Å². The molecule has 0 spiro atoms. The van der Waals surface area contributed by atoms with Gasteiger partial charge in [-0.3, -0.25) is 0 Å². The Bertz CT molecular complexity index is 513. The normalized spacial score (nSPS) is 10.5. The predicted molar refractivity (Wildman–Crippen MR) is 66.0 cm³/mol. The molecule has 0 fully saturated rings. The van der Waals surface area contributed by atoms with E-state index in [0.29, 0.717) is 16.1 Å². The molecule has 17 heavy (non-hydrogen) atoms. The van der Waals surface area contributed by atoms with Gasteiger partial charge in [0.05, 0.1) is 5.69 Å². The van der Waals surface area contributed by atoms with E-state index >= 15 is 0 Å². The fraction of sp³-hybridized carbons (Fsp3) is 0.300. The number of anilines is 2. The van der Waals surface area contributed by atoms with Gasteiger partial charge in [0.15, 0.2) is 0 Å². The van der Waals surface area contributed by atoms with Gasteiger partial charge in [-0.15, -0.1) is 0 Å². The maximum Gasteiger partial charge on any atom is 0.262 e.